The number of urea groups is 1. The number of hydrogen-bond acceptors (Lipinski definition) is 4. The third-order valence-electron chi connectivity index (χ3n) is 3.70. The van der Waals surface area contributed by atoms with Gasteiger partial charge in [0.05, 0.1) is 0 Å². The van der Waals surface area contributed by atoms with Crippen LogP contribution in [0.15, 0.2) is 18.2 Å². The third-order valence-corrected chi connectivity index (χ3v) is 3.70. The maximum absolute atomic E-state index is 12.0. The molecule has 8 heteroatoms. The van der Waals surface area contributed by atoms with Crippen molar-refractivity contribution in [1.82, 2.24) is 5.32 Å². The van der Waals surface area contributed by atoms with E-state index >= 15 is 0 Å². The van der Waals surface area contributed by atoms with E-state index in [4.69, 9.17) is 9.84 Å². The number of methoxy groups -OCH3 is 1. The Morgan fingerprint density at radius 2 is 2.12 bits per heavy atom. The van der Waals surface area contributed by atoms with Crippen LogP contribution in [0.4, 0.5) is 16.2 Å². The molecule has 0 spiro atoms. The van der Waals surface area contributed by atoms with E-state index in [0.717, 1.165) is 11.3 Å². The molecule has 3 amide bonds. The lowest BCUT2D eigenvalue weighted by molar-refractivity contribution is -0.137. The normalized spacial score (nSPS) is 12.6. The Balaban J connectivity index is 1.97. The van der Waals surface area contributed by atoms with Crippen LogP contribution in [0.3, 0.4) is 0 Å². The standard InChI is InChI=1S/C16H21N3O5/c1-24-10-14(20)19-9-7-11-12(4-2-5-13(11)19)18-16(23)17-8-3-6-15(21)22/h2,4-5H,3,6-10H2,1H3,(H,21,22)(H2,17,18,23). The van der Waals surface area contributed by atoms with Gasteiger partial charge in [-0.2, -0.15) is 0 Å². The van der Waals surface area contributed by atoms with E-state index in [0.29, 0.717) is 25.1 Å². The van der Waals surface area contributed by atoms with Crippen molar-refractivity contribution >= 4 is 29.3 Å². The third kappa shape index (κ3) is 4.45. The Morgan fingerprint density at radius 1 is 1.33 bits per heavy atom. The van der Waals surface area contributed by atoms with Gasteiger partial charge in [0, 0.05) is 43.6 Å². The highest BCUT2D eigenvalue weighted by molar-refractivity contribution is 5.99. The molecular formula is C16H21N3O5. The molecule has 130 valence electrons. The SMILES string of the molecule is COCC(=O)N1CCc2c(NC(=O)NCCCC(=O)O)cccc21. The summed E-state index contributed by atoms with van der Waals surface area (Å²) < 4.78 is 4.88. The van der Waals surface area contributed by atoms with Crippen LogP contribution in [0.5, 0.6) is 0 Å². The average Bonchev–Trinajstić information content (AvgIpc) is 2.97. The van der Waals surface area contributed by atoms with Crippen LogP contribution in [0.1, 0.15) is 18.4 Å². The number of carboxylic acid groups (broad SMARTS) is 1. The van der Waals surface area contributed by atoms with Crippen molar-refractivity contribution in [3.05, 3.63) is 23.8 Å². The van der Waals surface area contributed by atoms with Crippen LogP contribution in [-0.2, 0) is 20.7 Å². The fourth-order valence-corrected chi connectivity index (χ4v) is 2.62. The summed E-state index contributed by atoms with van der Waals surface area (Å²) in [5.74, 6) is -1.01. The fourth-order valence-electron chi connectivity index (χ4n) is 2.62. The van der Waals surface area contributed by atoms with Crippen molar-refractivity contribution in [2.75, 3.05) is 37.0 Å². The second-order valence-corrected chi connectivity index (χ2v) is 5.41. The van der Waals surface area contributed by atoms with Gasteiger partial charge in [-0.15, -0.1) is 0 Å². The predicted octanol–water partition coefficient (Wildman–Crippen LogP) is 1.21. The average molecular weight is 335 g/mol. The Labute approximate surface area is 139 Å². The van der Waals surface area contributed by atoms with Gasteiger partial charge >= 0.3 is 12.0 Å². The Hall–Kier alpha value is -2.61. The van der Waals surface area contributed by atoms with E-state index in [1.807, 2.05) is 6.07 Å². The summed E-state index contributed by atoms with van der Waals surface area (Å²) in [6, 6.07) is 5.00. The maximum Gasteiger partial charge on any atom is 0.319 e. The Bertz CT molecular complexity index is 632. The zero-order chi connectivity index (χ0) is 17.5. The number of anilines is 2. The molecule has 2 rings (SSSR count). The van der Waals surface area contributed by atoms with E-state index in [1.54, 1.807) is 17.0 Å². The summed E-state index contributed by atoms with van der Waals surface area (Å²) in [6.45, 7) is 0.850. The molecule has 0 radical (unpaired) electrons. The molecule has 0 saturated heterocycles. The highest BCUT2D eigenvalue weighted by Crippen LogP contribution is 2.33. The summed E-state index contributed by atoms with van der Waals surface area (Å²) in [5, 5.41) is 13.9. The highest BCUT2D eigenvalue weighted by Gasteiger charge is 2.26. The minimum atomic E-state index is -0.890. The number of carbonyl (C=O) groups excluding carboxylic acids is 2. The quantitative estimate of drug-likeness (QED) is 0.649. The molecule has 1 heterocycles. The molecule has 0 bridgehead atoms. The van der Waals surface area contributed by atoms with E-state index in [-0.39, 0.29) is 25.5 Å². The van der Waals surface area contributed by atoms with Crippen LogP contribution in [-0.4, -0.2) is 49.8 Å². The summed E-state index contributed by atoms with van der Waals surface area (Å²) >= 11 is 0. The van der Waals surface area contributed by atoms with Crippen molar-refractivity contribution in [3.8, 4) is 0 Å². The summed E-state index contributed by atoms with van der Waals surface area (Å²) in [4.78, 5) is 36.0. The minimum absolute atomic E-state index is 0.0115. The van der Waals surface area contributed by atoms with Crippen LogP contribution in [0.25, 0.3) is 0 Å². The van der Waals surface area contributed by atoms with Gasteiger partial charge in [-0.1, -0.05) is 6.07 Å². The topological polar surface area (TPSA) is 108 Å². The first-order chi connectivity index (χ1) is 11.5. The van der Waals surface area contributed by atoms with E-state index in [1.165, 1.54) is 7.11 Å². The lowest BCUT2D eigenvalue weighted by atomic mass is 10.1. The van der Waals surface area contributed by atoms with Gasteiger partial charge in [0.2, 0.25) is 0 Å². The predicted molar refractivity (Wildman–Crippen MR) is 88.3 cm³/mol. The summed E-state index contributed by atoms with van der Waals surface area (Å²) in [6.07, 6.45) is 1.03. The van der Waals surface area contributed by atoms with Crippen molar-refractivity contribution in [2.24, 2.45) is 0 Å². The molecule has 1 aliphatic heterocycles. The van der Waals surface area contributed by atoms with E-state index < -0.39 is 12.0 Å². The van der Waals surface area contributed by atoms with Crippen LogP contribution < -0.4 is 15.5 Å². The van der Waals surface area contributed by atoms with Crippen LogP contribution in [0.2, 0.25) is 0 Å². The first-order valence-corrected chi connectivity index (χ1v) is 7.70. The molecule has 24 heavy (non-hydrogen) atoms. The molecule has 0 aromatic heterocycles. The summed E-state index contributed by atoms with van der Waals surface area (Å²) in [7, 11) is 1.47. The lowest BCUT2D eigenvalue weighted by Crippen LogP contribution is -2.32. The Morgan fingerprint density at radius 3 is 2.83 bits per heavy atom. The van der Waals surface area contributed by atoms with E-state index in [9.17, 15) is 14.4 Å². The number of carboxylic acids is 1. The van der Waals surface area contributed by atoms with Gasteiger partial charge in [-0.3, -0.25) is 9.59 Å². The number of fused-ring (bicyclic) bond motifs is 1. The van der Waals surface area contributed by atoms with Crippen LogP contribution >= 0.6 is 0 Å². The maximum atomic E-state index is 12.0. The second-order valence-electron chi connectivity index (χ2n) is 5.41. The molecule has 0 saturated carbocycles. The number of carbonyl (C=O) groups is 3. The number of aliphatic carboxylic acids is 1. The zero-order valence-corrected chi connectivity index (χ0v) is 13.5. The monoisotopic (exact) mass is 335 g/mol. The van der Waals surface area contributed by atoms with Gasteiger partial charge in [-0.25, -0.2) is 4.79 Å². The highest BCUT2D eigenvalue weighted by atomic mass is 16.5. The van der Waals surface area contributed by atoms with Crippen molar-refractivity contribution < 1.29 is 24.2 Å². The zero-order valence-electron chi connectivity index (χ0n) is 13.5. The van der Waals surface area contributed by atoms with Gasteiger partial charge in [-0.05, 0) is 25.0 Å². The molecule has 3 N–H and O–H groups in total. The smallest absolute Gasteiger partial charge is 0.319 e. The fraction of sp³-hybridized carbons (Fsp3) is 0.438. The first-order valence-electron chi connectivity index (χ1n) is 7.70. The van der Waals surface area contributed by atoms with Gasteiger partial charge in [0.1, 0.15) is 6.61 Å². The van der Waals surface area contributed by atoms with Gasteiger partial charge < -0.3 is 25.4 Å². The second kappa shape index (κ2) is 8.30. The first kappa shape index (κ1) is 17.7. The molecule has 1 aromatic carbocycles. The number of benzene rings is 1. The molecule has 0 aliphatic carbocycles. The molecule has 8 nitrogen and oxygen atoms in total. The molecule has 1 aliphatic rings. The van der Waals surface area contributed by atoms with Crippen molar-refractivity contribution in [1.29, 1.82) is 0 Å². The van der Waals surface area contributed by atoms with Crippen molar-refractivity contribution in [2.45, 2.75) is 19.3 Å². The van der Waals surface area contributed by atoms with Gasteiger partial charge in [0.15, 0.2) is 0 Å². The van der Waals surface area contributed by atoms with Crippen LogP contribution in [0, 0.1) is 0 Å². The summed E-state index contributed by atoms with van der Waals surface area (Å²) in [5.41, 5.74) is 2.33. The molecule has 0 unspecified atom stereocenters. The van der Waals surface area contributed by atoms with Crippen molar-refractivity contribution in [3.63, 3.8) is 0 Å². The number of amides is 3. The minimum Gasteiger partial charge on any atom is -0.481 e. The molecular weight excluding hydrogens is 314 g/mol. The number of rotatable bonds is 7. The number of ether oxygens (including phenoxy) is 1. The molecule has 0 atom stereocenters. The molecule has 1 aromatic rings. The molecule has 0 fully saturated rings. The largest absolute Gasteiger partial charge is 0.481 e. The number of hydrogen-bond donors (Lipinski definition) is 3. The number of nitrogens with zero attached hydrogens (tertiary/aromatic N) is 1. The number of nitrogens with one attached hydrogen (secondary N) is 2. The van der Waals surface area contributed by atoms with Gasteiger partial charge in [0.25, 0.3) is 5.91 Å². The Kier molecular flexibility index (Phi) is 6.14. The lowest BCUT2D eigenvalue weighted by Gasteiger charge is -2.17. The van der Waals surface area contributed by atoms with E-state index in [2.05, 4.69) is 10.6 Å².